The third kappa shape index (κ3) is 4.24. The Balaban J connectivity index is 2.40. The summed E-state index contributed by atoms with van der Waals surface area (Å²) in [5.74, 6) is -0.500. The smallest absolute Gasteiger partial charge is 0.351 e. The zero-order valence-corrected chi connectivity index (χ0v) is 14.3. The van der Waals surface area contributed by atoms with Crippen molar-refractivity contribution in [3.05, 3.63) is 40.3 Å². The highest BCUT2D eigenvalue weighted by molar-refractivity contribution is 8.13. The van der Waals surface area contributed by atoms with E-state index >= 15 is 0 Å². The van der Waals surface area contributed by atoms with E-state index in [-0.39, 0.29) is 27.2 Å². The average Bonchev–Trinajstić information content (AvgIpc) is 3.04. The quantitative estimate of drug-likeness (QED) is 0.291. The van der Waals surface area contributed by atoms with E-state index in [9.17, 15) is 9.18 Å². The van der Waals surface area contributed by atoms with Gasteiger partial charge in [0.05, 0.1) is 7.11 Å². The molecule has 0 radical (unpaired) electrons. The number of benzene rings is 1. The highest BCUT2D eigenvalue weighted by atomic mass is 32.2. The molecule has 0 saturated carbocycles. The second-order valence-electron chi connectivity index (χ2n) is 4.18. The lowest BCUT2D eigenvalue weighted by atomic mass is 10.3. The third-order valence-corrected chi connectivity index (χ3v) is 4.17. The maximum atomic E-state index is 13.5. The lowest BCUT2D eigenvalue weighted by Crippen LogP contribution is -2.12. The Kier molecular flexibility index (Phi) is 6.17. The van der Waals surface area contributed by atoms with Gasteiger partial charge >= 0.3 is 5.97 Å². The maximum absolute atomic E-state index is 13.5. The average molecular weight is 365 g/mol. The van der Waals surface area contributed by atoms with E-state index in [4.69, 9.17) is 14.7 Å². The minimum atomic E-state index is -0.525. The molecule has 0 aliphatic carbocycles. The number of thiophene rings is 1. The Labute approximate surface area is 145 Å². The SMILES string of the molecule is COC(=O)c1sccc1Oc1ccc(F)cc1N=C(NC#N)SC. The molecule has 6 nitrogen and oxygen atoms in total. The van der Waals surface area contributed by atoms with Crippen molar-refractivity contribution in [1.29, 1.82) is 5.26 Å². The summed E-state index contributed by atoms with van der Waals surface area (Å²) in [6.45, 7) is 0. The van der Waals surface area contributed by atoms with Gasteiger partial charge < -0.3 is 9.47 Å². The zero-order valence-electron chi connectivity index (χ0n) is 12.7. The lowest BCUT2D eigenvalue weighted by Gasteiger charge is -2.09. The Bertz CT molecular complexity index is 815. The number of carbonyl (C=O) groups excluding carboxylic acids is 1. The normalized spacial score (nSPS) is 10.8. The largest absolute Gasteiger partial charge is 0.465 e. The molecule has 0 aliphatic heterocycles. The summed E-state index contributed by atoms with van der Waals surface area (Å²) < 4.78 is 23.9. The van der Waals surface area contributed by atoms with Crippen LogP contribution < -0.4 is 10.1 Å². The number of thioether (sulfide) groups is 1. The van der Waals surface area contributed by atoms with E-state index in [2.05, 4.69) is 10.3 Å². The van der Waals surface area contributed by atoms with Gasteiger partial charge in [0, 0.05) is 6.07 Å². The molecule has 2 rings (SSSR count). The number of nitrogens with zero attached hydrogens (tertiary/aromatic N) is 2. The van der Waals surface area contributed by atoms with Crippen molar-refractivity contribution in [2.24, 2.45) is 4.99 Å². The van der Waals surface area contributed by atoms with Crippen LogP contribution in [0.4, 0.5) is 10.1 Å². The molecule has 9 heteroatoms. The van der Waals surface area contributed by atoms with Crippen LogP contribution in [0.2, 0.25) is 0 Å². The number of ether oxygens (including phenoxy) is 2. The summed E-state index contributed by atoms with van der Waals surface area (Å²) in [5, 5.41) is 13.0. The van der Waals surface area contributed by atoms with Crippen molar-refractivity contribution in [2.75, 3.05) is 13.4 Å². The summed E-state index contributed by atoms with van der Waals surface area (Å²) in [4.78, 5) is 16.2. The predicted molar refractivity (Wildman–Crippen MR) is 91.5 cm³/mol. The van der Waals surface area contributed by atoms with Crippen LogP contribution in [0.3, 0.4) is 0 Å². The molecule has 0 aliphatic rings. The van der Waals surface area contributed by atoms with E-state index in [1.807, 2.05) is 0 Å². The number of hydrogen-bond acceptors (Lipinski definition) is 7. The van der Waals surface area contributed by atoms with E-state index in [1.165, 1.54) is 48.4 Å². The van der Waals surface area contributed by atoms with Crippen molar-refractivity contribution < 1.29 is 18.7 Å². The van der Waals surface area contributed by atoms with Crippen LogP contribution in [0.5, 0.6) is 11.5 Å². The fourth-order valence-corrected chi connectivity index (χ4v) is 2.75. The molecule has 124 valence electrons. The fraction of sp³-hybridized carbons (Fsp3) is 0.133. The predicted octanol–water partition coefficient (Wildman–Crippen LogP) is 3.89. The van der Waals surface area contributed by atoms with E-state index in [0.717, 1.165) is 0 Å². The number of amidine groups is 1. The number of esters is 1. The van der Waals surface area contributed by atoms with Gasteiger partial charge in [-0.3, -0.25) is 5.32 Å². The van der Waals surface area contributed by atoms with Gasteiger partial charge in [-0.2, -0.15) is 5.26 Å². The third-order valence-electron chi connectivity index (χ3n) is 2.72. The minimum Gasteiger partial charge on any atom is -0.465 e. The van der Waals surface area contributed by atoms with Crippen LogP contribution in [0, 0.1) is 17.3 Å². The summed E-state index contributed by atoms with van der Waals surface area (Å²) in [6.07, 6.45) is 3.47. The standard InChI is InChI=1S/C15H12FN3O3S2/c1-21-14(20)13-12(5-6-24-13)22-11-4-3-9(16)7-10(11)19-15(23-2)18-8-17/h3-7H,1-2H3,(H,18,19). The summed E-state index contributed by atoms with van der Waals surface area (Å²) in [5.41, 5.74) is 0.184. The van der Waals surface area contributed by atoms with Gasteiger partial charge in [-0.1, -0.05) is 11.8 Å². The van der Waals surface area contributed by atoms with Crippen LogP contribution >= 0.6 is 23.1 Å². The number of rotatable bonds is 4. The zero-order chi connectivity index (χ0) is 17.5. The molecule has 2 aromatic rings. The molecule has 1 aromatic carbocycles. The van der Waals surface area contributed by atoms with Crippen LogP contribution in [0.1, 0.15) is 9.67 Å². The van der Waals surface area contributed by atoms with Crippen LogP contribution in [0.15, 0.2) is 34.6 Å². The molecule has 24 heavy (non-hydrogen) atoms. The summed E-state index contributed by atoms with van der Waals surface area (Å²) >= 11 is 2.36. The summed E-state index contributed by atoms with van der Waals surface area (Å²) in [7, 11) is 1.28. The Hall–Kier alpha value is -2.57. The van der Waals surface area contributed by atoms with Gasteiger partial charge in [-0.15, -0.1) is 11.3 Å². The number of aliphatic imine (C=N–C) groups is 1. The van der Waals surface area contributed by atoms with Crippen molar-refractivity contribution in [1.82, 2.24) is 5.32 Å². The van der Waals surface area contributed by atoms with Crippen molar-refractivity contribution in [3.8, 4) is 17.7 Å². The topological polar surface area (TPSA) is 83.7 Å². The van der Waals surface area contributed by atoms with Gasteiger partial charge in [0.25, 0.3) is 0 Å². The van der Waals surface area contributed by atoms with Gasteiger partial charge in [0.1, 0.15) is 11.5 Å². The number of nitrogens with one attached hydrogen (secondary N) is 1. The van der Waals surface area contributed by atoms with E-state index < -0.39 is 11.8 Å². The second kappa shape index (κ2) is 8.33. The number of nitriles is 1. The molecule has 1 heterocycles. The molecule has 0 amide bonds. The van der Waals surface area contributed by atoms with Gasteiger partial charge in [-0.05, 0) is 29.8 Å². The maximum Gasteiger partial charge on any atom is 0.351 e. The molecular weight excluding hydrogens is 353 g/mol. The van der Waals surface area contributed by atoms with Crippen molar-refractivity contribution in [2.45, 2.75) is 0 Å². The van der Waals surface area contributed by atoms with E-state index in [1.54, 1.807) is 23.9 Å². The highest BCUT2D eigenvalue weighted by Gasteiger charge is 2.17. The van der Waals surface area contributed by atoms with E-state index in [0.29, 0.717) is 0 Å². The Morgan fingerprint density at radius 1 is 1.42 bits per heavy atom. The molecule has 0 fully saturated rings. The van der Waals surface area contributed by atoms with Crippen molar-refractivity contribution >= 4 is 39.9 Å². The molecule has 0 unspecified atom stereocenters. The van der Waals surface area contributed by atoms with Gasteiger partial charge in [0.2, 0.25) is 0 Å². The van der Waals surface area contributed by atoms with Crippen molar-refractivity contribution in [3.63, 3.8) is 0 Å². The molecule has 0 bridgehead atoms. The lowest BCUT2D eigenvalue weighted by molar-refractivity contribution is 0.0604. The van der Waals surface area contributed by atoms with Gasteiger partial charge in [0.15, 0.2) is 27.7 Å². The first-order valence-electron chi connectivity index (χ1n) is 6.50. The Morgan fingerprint density at radius 2 is 2.21 bits per heavy atom. The monoisotopic (exact) mass is 365 g/mol. The minimum absolute atomic E-state index is 0.184. The molecule has 0 saturated heterocycles. The molecule has 1 aromatic heterocycles. The number of carbonyl (C=O) groups is 1. The highest BCUT2D eigenvalue weighted by Crippen LogP contribution is 2.36. The molecule has 0 atom stereocenters. The molecule has 1 N–H and O–H groups in total. The first-order valence-corrected chi connectivity index (χ1v) is 8.60. The number of halogens is 1. The number of hydrogen-bond donors (Lipinski definition) is 1. The van der Waals surface area contributed by atoms with Crippen LogP contribution in [-0.4, -0.2) is 24.5 Å². The molecular formula is C15H12FN3O3S2. The summed E-state index contributed by atoms with van der Waals surface area (Å²) in [6, 6.07) is 5.40. The second-order valence-corrected chi connectivity index (χ2v) is 5.89. The van der Waals surface area contributed by atoms with Gasteiger partial charge in [-0.25, -0.2) is 14.2 Å². The number of methoxy groups -OCH3 is 1. The fourth-order valence-electron chi connectivity index (χ4n) is 1.68. The first kappa shape index (κ1) is 17.8. The first-order chi connectivity index (χ1) is 11.6. The molecule has 0 spiro atoms. The Morgan fingerprint density at radius 3 is 2.88 bits per heavy atom. The van der Waals surface area contributed by atoms with Crippen LogP contribution in [0.25, 0.3) is 0 Å². The van der Waals surface area contributed by atoms with Crippen LogP contribution in [-0.2, 0) is 4.74 Å².